The number of imidazole rings is 1. The molecule has 130 valence electrons. The van der Waals surface area contributed by atoms with Crippen LogP contribution in [0.2, 0.25) is 0 Å². The molecule has 3 heterocycles. The molecule has 2 aromatic rings. The molecule has 0 aliphatic carbocycles. The minimum atomic E-state index is 0.123. The number of benzene rings is 1. The fraction of sp³-hybridized carbons (Fsp3) is 0.632. The maximum absolute atomic E-state index is 12.8. The Labute approximate surface area is 143 Å². The van der Waals surface area contributed by atoms with Gasteiger partial charge in [0.1, 0.15) is 0 Å². The number of aryl methyl sites for hydroxylation is 1. The van der Waals surface area contributed by atoms with E-state index >= 15 is 0 Å². The van der Waals surface area contributed by atoms with Crippen LogP contribution in [0.5, 0.6) is 0 Å². The lowest BCUT2D eigenvalue weighted by molar-refractivity contribution is 0.369. The quantitative estimate of drug-likeness (QED) is 0.903. The van der Waals surface area contributed by atoms with Gasteiger partial charge in [0.15, 0.2) is 0 Å². The SMILES string of the molecule is Cn1c(=O)n(C2CCCNC2)c2ccc(CC3CCNCC3)cc21. The molecule has 2 aliphatic heterocycles. The predicted octanol–water partition coefficient (Wildman–Crippen LogP) is 1.81. The first-order valence-corrected chi connectivity index (χ1v) is 9.35. The van der Waals surface area contributed by atoms with Crippen LogP contribution in [0.3, 0.4) is 0 Å². The Kier molecular flexibility index (Phi) is 4.46. The van der Waals surface area contributed by atoms with Gasteiger partial charge in [-0.15, -0.1) is 0 Å². The molecule has 5 heteroatoms. The number of nitrogens with one attached hydrogen (secondary N) is 2. The Morgan fingerprint density at radius 3 is 2.67 bits per heavy atom. The smallest absolute Gasteiger partial charge is 0.317 e. The fourth-order valence-electron chi connectivity index (χ4n) is 4.36. The van der Waals surface area contributed by atoms with Gasteiger partial charge in [-0.3, -0.25) is 9.13 Å². The van der Waals surface area contributed by atoms with Crippen LogP contribution in [0.15, 0.2) is 23.0 Å². The van der Waals surface area contributed by atoms with Crippen molar-refractivity contribution in [3.8, 4) is 0 Å². The molecule has 0 saturated carbocycles. The summed E-state index contributed by atoms with van der Waals surface area (Å²) in [5.74, 6) is 0.769. The van der Waals surface area contributed by atoms with E-state index in [1.165, 1.54) is 18.4 Å². The second kappa shape index (κ2) is 6.73. The summed E-state index contributed by atoms with van der Waals surface area (Å²) < 4.78 is 3.84. The van der Waals surface area contributed by atoms with Gasteiger partial charge in [-0.05, 0) is 75.4 Å². The highest BCUT2D eigenvalue weighted by molar-refractivity contribution is 5.77. The van der Waals surface area contributed by atoms with Crippen LogP contribution in [0, 0.1) is 5.92 Å². The summed E-state index contributed by atoms with van der Waals surface area (Å²) in [7, 11) is 1.91. The van der Waals surface area contributed by atoms with Gasteiger partial charge in [0.25, 0.3) is 0 Å². The maximum atomic E-state index is 12.8. The summed E-state index contributed by atoms with van der Waals surface area (Å²) >= 11 is 0. The minimum Gasteiger partial charge on any atom is -0.317 e. The molecule has 0 amide bonds. The molecule has 2 aliphatic rings. The summed E-state index contributed by atoms with van der Waals surface area (Å²) in [6.07, 6.45) is 5.86. The van der Waals surface area contributed by atoms with Gasteiger partial charge in [-0.25, -0.2) is 4.79 Å². The van der Waals surface area contributed by atoms with Gasteiger partial charge in [0.05, 0.1) is 17.1 Å². The molecule has 2 saturated heterocycles. The number of aromatic nitrogens is 2. The van der Waals surface area contributed by atoms with Gasteiger partial charge < -0.3 is 10.6 Å². The van der Waals surface area contributed by atoms with Crippen molar-refractivity contribution < 1.29 is 0 Å². The Hall–Kier alpha value is -1.59. The van der Waals surface area contributed by atoms with Crippen molar-refractivity contribution in [2.75, 3.05) is 26.2 Å². The van der Waals surface area contributed by atoms with E-state index in [1.54, 1.807) is 0 Å². The Morgan fingerprint density at radius 2 is 1.92 bits per heavy atom. The molecule has 4 rings (SSSR count). The normalized spacial score (nSPS) is 23.0. The zero-order valence-electron chi connectivity index (χ0n) is 14.6. The average molecular weight is 328 g/mol. The molecule has 5 nitrogen and oxygen atoms in total. The highest BCUT2D eigenvalue weighted by Gasteiger charge is 2.22. The third-order valence-electron chi connectivity index (χ3n) is 5.77. The Bertz CT molecular complexity index is 764. The summed E-state index contributed by atoms with van der Waals surface area (Å²) in [4.78, 5) is 12.8. The van der Waals surface area contributed by atoms with Crippen molar-refractivity contribution >= 4 is 11.0 Å². The molecular formula is C19H28N4O. The largest absolute Gasteiger partial charge is 0.329 e. The molecular weight excluding hydrogens is 300 g/mol. The summed E-state index contributed by atoms with van der Waals surface area (Å²) in [6, 6.07) is 6.93. The van der Waals surface area contributed by atoms with Gasteiger partial charge in [-0.2, -0.15) is 0 Å². The van der Waals surface area contributed by atoms with Crippen LogP contribution in [-0.4, -0.2) is 35.3 Å². The van der Waals surface area contributed by atoms with Gasteiger partial charge in [-0.1, -0.05) is 6.07 Å². The van der Waals surface area contributed by atoms with E-state index < -0.39 is 0 Å². The van der Waals surface area contributed by atoms with Crippen LogP contribution in [-0.2, 0) is 13.5 Å². The number of piperidine rings is 2. The van der Waals surface area contributed by atoms with Gasteiger partial charge in [0.2, 0.25) is 0 Å². The monoisotopic (exact) mass is 328 g/mol. The number of rotatable bonds is 3. The minimum absolute atomic E-state index is 0.123. The number of fused-ring (bicyclic) bond motifs is 1. The summed E-state index contributed by atoms with van der Waals surface area (Å²) in [6.45, 7) is 4.24. The van der Waals surface area contributed by atoms with E-state index in [2.05, 4.69) is 28.8 Å². The van der Waals surface area contributed by atoms with Crippen molar-refractivity contribution in [3.05, 3.63) is 34.2 Å². The molecule has 1 aromatic heterocycles. The number of hydrogen-bond donors (Lipinski definition) is 2. The van der Waals surface area contributed by atoms with Crippen LogP contribution in [0.25, 0.3) is 11.0 Å². The zero-order valence-corrected chi connectivity index (χ0v) is 14.6. The molecule has 0 spiro atoms. The summed E-state index contributed by atoms with van der Waals surface area (Å²) in [5.41, 5.74) is 3.66. The molecule has 0 radical (unpaired) electrons. The molecule has 2 N–H and O–H groups in total. The first-order chi connectivity index (χ1) is 11.7. The maximum Gasteiger partial charge on any atom is 0.329 e. The second-order valence-corrected chi connectivity index (χ2v) is 7.43. The second-order valence-electron chi connectivity index (χ2n) is 7.43. The van der Waals surface area contributed by atoms with Gasteiger partial charge >= 0.3 is 5.69 Å². The standard InChI is InChI=1S/C19H28N4O/c1-22-18-12-15(11-14-6-9-20-10-7-14)4-5-17(18)23(19(22)24)16-3-2-8-21-13-16/h4-5,12,14,16,20-21H,2-3,6-11,13H2,1H3. The third-order valence-corrected chi connectivity index (χ3v) is 5.77. The molecule has 1 atom stereocenters. The van der Waals surface area contributed by atoms with E-state index in [-0.39, 0.29) is 11.7 Å². The van der Waals surface area contributed by atoms with Crippen molar-refractivity contribution in [2.45, 2.75) is 38.1 Å². The highest BCUT2D eigenvalue weighted by atomic mass is 16.1. The number of nitrogens with zero attached hydrogens (tertiary/aromatic N) is 2. The molecule has 1 aromatic carbocycles. The highest BCUT2D eigenvalue weighted by Crippen LogP contribution is 2.24. The predicted molar refractivity (Wildman–Crippen MR) is 97.6 cm³/mol. The summed E-state index contributed by atoms with van der Waals surface area (Å²) in [5, 5.41) is 6.86. The van der Waals surface area contributed by atoms with E-state index in [0.29, 0.717) is 0 Å². The number of hydrogen-bond acceptors (Lipinski definition) is 3. The lowest BCUT2D eigenvalue weighted by atomic mass is 9.91. The van der Waals surface area contributed by atoms with Crippen molar-refractivity contribution in [1.82, 2.24) is 19.8 Å². The lowest BCUT2D eigenvalue weighted by Gasteiger charge is -2.24. The van der Waals surface area contributed by atoms with E-state index in [4.69, 9.17) is 0 Å². The molecule has 24 heavy (non-hydrogen) atoms. The van der Waals surface area contributed by atoms with Crippen molar-refractivity contribution in [3.63, 3.8) is 0 Å². The van der Waals surface area contributed by atoms with Gasteiger partial charge in [0, 0.05) is 13.6 Å². The van der Waals surface area contributed by atoms with E-state index in [0.717, 1.165) is 62.4 Å². The van der Waals surface area contributed by atoms with Crippen LogP contribution in [0.4, 0.5) is 0 Å². The topological polar surface area (TPSA) is 51.0 Å². The first-order valence-electron chi connectivity index (χ1n) is 9.35. The zero-order chi connectivity index (χ0) is 16.5. The molecule has 1 unspecified atom stereocenters. The Morgan fingerprint density at radius 1 is 1.08 bits per heavy atom. The third kappa shape index (κ3) is 2.91. The molecule has 2 fully saturated rings. The van der Waals surface area contributed by atoms with Crippen molar-refractivity contribution in [2.24, 2.45) is 13.0 Å². The van der Waals surface area contributed by atoms with Crippen LogP contribution < -0.4 is 16.3 Å². The average Bonchev–Trinajstić information content (AvgIpc) is 2.88. The van der Waals surface area contributed by atoms with Crippen LogP contribution >= 0.6 is 0 Å². The lowest BCUT2D eigenvalue weighted by Crippen LogP contribution is -2.36. The molecule has 0 bridgehead atoms. The fourth-order valence-corrected chi connectivity index (χ4v) is 4.36. The Balaban J connectivity index is 1.67. The van der Waals surface area contributed by atoms with Crippen LogP contribution in [0.1, 0.15) is 37.3 Å². The van der Waals surface area contributed by atoms with Crippen molar-refractivity contribution in [1.29, 1.82) is 0 Å². The van der Waals surface area contributed by atoms with E-state index in [9.17, 15) is 4.79 Å². The first kappa shape index (κ1) is 15.9. The van der Waals surface area contributed by atoms with E-state index in [1.807, 2.05) is 16.2 Å².